The molecule has 18 heavy (non-hydrogen) atoms. The minimum atomic E-state index is -0.348. The van der Waals surface area contributed by atoms with Gasteiger partial charge in [-0.15, -0.1) is 0 Å². The first-order valence-corrected chi connectivity index (χ1v) is 6.15. The Bertz CT molecular complexity index is 395. The van der Waals surface area contributed by atoms with Crippen LogP contribution >= 0.6 is 0 Å². The van der Waals surface area contributed by atoms with Crippen LogP contribution in [-0.2, 0) is 9.53 Å². The van der Waals surface area contributed by atoms with Crippen LogP contribution < -0.4 is 0 Å². The van der Waals surface area contributed by atoms with Gasteiger partial charge in [0, 0.05) is 18.4 Å². The lowest BCUT2D eigenvalue weighted by Crippen LogP contribution is -2.30. The number of nitriles is 1. The Labute approximate surface area is 107 Å². The van der Waals surface area contributed by atoms with Gasteiger partial charge in [-0.25, -0.2) is 0 Å². The smallest absolute Gasteiger partial charge is 0.307 e. The van der Waals surface area contributed by atoms with Crippen LogP contribution in [0.25, 0.3) is 0 Å². The number of rotatable bonds is 7. The third-order valence-corrected chi connectivity index (χ3v) is 2.72. The fraction of sp³-hybridized carbons (Fsp3) is 0.538. The van der Waals surface area contributed by atoms with Gasteiger partial charge >= 0.3 is 5.97 Å². The molecule has 1 unspecified atom stereocenters. The van der Waals surface area contributed by atoms with Crippen LogP contribution in [-0.4, -0.2) is 35.5 Å². The SMILES string of the molecule is CCOC(=O)CCN(CC)C(C#N)c1ccc[nH]1. The fourth-order valence-electron chi connectivity index (χ4n) is 1.80. The molecule has 1 aromatic rings. The minimum Gasteiger partial charge on any atom is -0.466 e. The maximum atomic E-state index is 11.3. The molecule has 98 valence electrons. The predicted octanol–water partition coefficient (Wildman–Crippen LogP) is 1.85. The van der Waals surface area contributed by atoms with Gasteiger partial charge in [0.25, 0.3) is 0 Å². The van der Waals surface area contributed by atoms with E-state index in [9.17, 15) is 10.1 Å². The van der Waals surface area contributed by atoms with Gasteiger partial charge in [0.15, 0.2) is 0 Å². The highest BCUT2D eigenvalue weighted by atomic mass is 16.5. The number of nitrogens with one attached hydrogen (secondary N) is 1. The predicted molar refractivity (Wildman–Crippen MR) is 67.6 cm³/mol. The Hall–Kier alpha value is -1.80. The normalized spacial score (nSPS) is 12.1. The van der Waals surface area contributed by atoms with Crippen LogP contribution in [0.3, 0.4) is 0 Å². The van der Waals surface area contributed by atoms with Crippen LogP contribution in [0.15, 0.2) is 18.3 Å². The molecule has 0 aliphatic carbocycles. The van der Waals surface area contributed by atoms with Gasteiger partial charge in [0.2, 0.25) is 0 Å². The molecular formula is C13H19N3O2. The number of aromatic amines is 1. The highest BCUT2D eigenvalue weighted by Crippen LogP contribution is 2.18. The molecular weight excluding hydrogens is 230 g/mol. The molecule has 1 N–H and O–H groups in total. The molecule has 0 aliphatic rings. The summed E-state index contributed by atoms with van der Waals surface area (Å²) in [4.78, 5) is 16.3. The summed E-state index contributed by atoms with van der Waals surface area (Å²) in [5.74, 6) is -0.223. The summed E-state index contributed by atoms with van der Waals surface area (Å²) in [6, 6.07) is 5.64. The van der Waals surface area contributed by atoms with Gasteiger partial charge in [-0.2, -0.15) is 5.26 Å². The van der Waals surface area contributed by atoms with E-state index in [0.29, 0.717) is 26.1 Å². The number of hydrogen-bond donors (Lipinski definition) is 1. The summed E-state index contributed by atoms with van der Waals surface area (Å²) < 4.78 is 4.88. The highest BCUT2D eigenvalue weighted by Gasteiger charge is 2.20. The average Bonchev–Trinajstić information content (AvgIpc) is 2.88. The van der Waals surface area contributed by atoms with Crippen molar-refractivity contribution in [1.29, 1.82) is 5.26 Å². The Kier molecular flexibility index (Phi) is 5.95. The molecule has 0 aromatic carbocycles. The van der Waals surface area contributed by atoms with E-state index in [-0.39, 0.29) is 12.0 Å². The second-order valence-electron chi connectivity index (χ2n) is 3.84. The van der Waals surface area contributed by atoms with E-state index in [1.807, 2.05) is 24.0 Å². The molecule has 0 bridgehead atoms. The molecule has 0 saturated carbocycles. The molecule has 1 aromatic heterocycles. The standard InChI is InChI=1S/C13H19N3O2/c1-3-16(9-7-13(17)18-4-2)12(10-14)11-6-5-8-15-11/h5-6,8,12,15H,3-4,7,9H2,1-2H3. The highest BCUT2D eigenvalue weighted by molar-refractivity contribution is 5.69. The number of aromatic nitrogens is 1. The van der Waals surface area contributed by atoms with E-state index in [0.717, 1.165) is 5.69 Å². The van der Waals surface area contributed by atoms with Crippen LogP contribution in [0.2, 0.25) is 0 Å². The first-order valence-electron chi connectivity index (χ1n) is 6.15. The quantitative estimate of drug-likeness (QED) is 0.749. The summed E-state index contributed by atoms with van der Waals surface area (Å²) in [5.41, 5.74) is 0.850. The van der Waals surface area contributed by atoms with E-state index in [1.165, 1.54) is 0 Å². The van der Waals surface area contributed by atoms with Gasteiger partial charge in [-0.3, -0.25) is 9.69 Å². The van der Waals surface area contributed by atoms with Crippen molar-refractivity contribution in [3.05, 3.63) is 24.0 Å². The molecule has 1 rings (SSSR count). The summed E-state index contributed by atoms with van der Waals surface area (Å²) in [5, 5.41) is 9.24. The average molecular weight is 249 g/mol. The number of ether oxygens (including phenoxy) is 1. The lowest BCUT2D eigenvalue weighted by atomic mass is 10.2. The maximum Gasteiger partial charge on any atom is 0.307 e. The molecule has 0 saturated heterocycles. The lowest BCUT2D eigenvalue weighted by molar-refractivity contribution is -0.143. The number of hydrogen-bond acceptors (Lipinski definition) is 4. The summed E-state index contributed by atoms with van der Waals surface area (Å²) in [6.45, 7) is 5.37. The molecule has 0 amide bonds. The molecule has 5 nitrogen and oxygen atoms in total. The van der Waals surface area contributed by atoms with Crippen LogP contribution in [0.1, 0.15) is 32.0 Å². The zero-order chi connectivity index (χ0) is 13.4. The minimum absolute atomic E-state index is 0.223. The van der Waals surface area contributed by atoms with Crippen LogP contribution in [0.5, 0.6) is 0 Å². The van der Waals surface area contributed by atoms with Crippen molar-refractivity contribution in [3.63, 3.8) is 0 Å². The molecule has 0 spiro atoms. The van der Waals surface area contributed by atoms with Crippen molar-refractivity contribution in [2.45, 2.75) is 26.3 Å². The topological polar surface area (TPSA) is 69.1 Å². The third-order valence-electron chi connectivity index (χ3n) is 2.72. The molecule has 0 fully saturated rings. The van der Waals surface area contributed by atoms with Gasteiger partial charge in [-0.05, 0) is 25.6 Å². The first kappa shape index (κ1) is 14.3. The van der Waals surface area contributed by atoms with Gasteiger partial charge < -0.3 is 9.72 Å². The monoisotopic (exact) mass is 249 g/mol. The molecule has 1 atom stereocenters. The zero-order valence-corrected chi connectivity index (χ0v) is 10.8. The van der Waals surface area contributed by atoms with Crippen LogP contribution in [0, 0.1) is 11.3 Å². The largest absolute Gasteiger partial charge is 0.466 e. The Morgan fingerprint density at radius 2 is 2.39 bits per heavy atom. The number of H-pyrrole nitrogens is 1. The Morgan fingerprint density at radius 1 is 1.61 bits per heavy atom. The number of carbonyl (C=O) groups excluding carboxylic acids is 1. The van der Waals surface area contributed by atoms with Crippen LogP contribution in [0.4, 0.5) is 0 Å². The van der Waals surface area contributed by atoms with Crippen molar-refractivity contribution in [2.75, 3.05) is 19.7 Å². The summed E-state index contributed by atoms with van der Waals surface area (Å²) in [7, 11) is 0. The maximum absolute atomic E-state index is 11.3. The van der Waals surface area contributed by atoms with Crippen molar-refractivity contribution in [2.24, 2.45) is 0 Å². The van der Waals surface area contributed by atoms with Gasteiger partial charge in [0.1, 0.15) is 6.04 Å². The molecule has 5 heteroatoms. The Morgan fingerprint density at radius 3 is 2.89 bits per heavy atom. The second-order valence-corrected chi connectivity index (χ2v) is 3.84. The van der Waals surface area contributed by atoms with E-state index in [4.69, 9.17) is 4.74 Å². The van der Waals surface area contributed by atoms with Crippen molar-refractivity contribution in [1.82, 2.24) is 9.88 Å². The lowest BCUT2D eigenvalue weighted by Gasteiger charge is -2.24. The number of carbonyl (C=O) groups is 1. The number of nitrogens with zero attached hydrogens (tertiary/aromatic N) is 2. The second kappa shape index (κ2) is 7.51. The van der Waals surface area contributed by atoms with E-state index >= 15 is 0 Å². The molecule has 1 heterocycles. The Balaban J connectivity index is 2.59. The first-order chi connectivity index (χ1) is 8.72. The summed E-state index contributed by atoms with van der Waals surface area (Å²) in [6.07, 6.45) is 2.10. The van der Waals surface area contributed by atoms with Gasteiger partial charge in [-0.1, -0.05) is 6.92 Å². The van der Waals surface area contributed by atoms with Crippen molar-refractivity contribution >= 4 is 5.97 Å². The molecule has 0 radical (unpaired) electrons. The van der Waals surface area contributed by atoms with E-state index in [1.54, 1.807) is 13.1 Å². The third kappa shape index (κ3) is 3.90. The fourth-order valence-corrected chi connectivity index (χ4v) is 1.80. The van der Waals surface area contributed by atoms with E-state index < -0.39 is 0 Å². The summed E-state index contributed by atoms with van der Waals surface area (Å²) >= 11 is 0. The zero-order valence-electron chi connectivity index (χ0n) is 10.8. The van der Waals surface area contributed by atoms with E-state index in [2.05, 4.69) is 11.1 Å². The number of esters is 1. The molecule has 0 aliphatic heterocycles. The van der Waals surface area contributed by atoms with Crippen molar-refractivity contribution in [3.8, 4) is 6.07 Å². The van der Waals surface area contributed by atoms with Gasteiger partial charge in [0.05, 0.1) is 19.1 Å². The van der Waals surface area contributed by atoms with Crippen molar-refractivity contribution < 1.29 is 9.53 Å².